The highest BCUT2D eigenvalue weighted by molar-refractivity contribution is 6.04. The molecule has 202 valence electrons. The van der Waals surface area contributed by atoms with Gasteiger partial charge in [-0.05, 0) is 111 Å². The molecule has 4 aromatic rings. The molecule has 2 amide bonds. The van der Waals surface area contributed by atoms with E-state index >= 15 is 0 Å². The Morgan fingerprint density at radius 1 is 0.850 bits per heavy atom. The number of carbonyl (C=O) groups is 2. The van der Waals surface area contributed by atoms with E-state index in [0.717, 1.165) is 53.6 Å². The normalized spacial score (nSPS) is 24.6. The van der Waals surface area contributed by atoms with Crippen LogP contribution in [0.25, 0.3) is 22.4 Å². The number of fused-ring (bicyclic) bond motifs is 1. The summed E-state index contributed by atoms with van der Waals surface area (Å²) in [6.07, 6.45) is 7.36. The highest BCUT2D eigenvalue weighted by Gasteiger charge is 2.51. The van der Waals surface area contributed by atoms with Gasteiger partial charge in [-0.15, -0.1) is 0 Å². The van der Waals surface area contributed by atoms with Crippen molar-refractivity contribution in [2.45, 2.75) is 44.1 Å². The van der Waals surface area contributed by atoms with Crippen LogP contribution in [0.4, 0.5) is 11.4 Å². The standard InChI is InChI=1S/C31H29N5O4/c37-29(22-3-8-25(9-4-22)36(39)40)32-24-6-1-21(2-7-24)28-33-26-10-5-23(14-27(26)34-28)30(38)35-31-15-18-11-19(16-31)13-20(12-18)17-31/h1-10,14,18-20H,11-13,15-17H2,(H,32,37)(H,33,34)(H,35,38). The lowest BCUT2D eigenvalue weighted by Crippen LogP contribution is -2.59. The van der Waals surface area contributed by atoms with Crippen molar-refractivity contribution in [3.05, 3.63) is 88.0 Å². The second kappa shape index (κ2) is 9.29. The maximum Gasteiger partial charge on any atom is 0.269 e. The number of nitro groups is 1. The van der Waals surface area contributed by atoms with Crippen LogP contribution in [0.15, 0.2) is 66.7 Å². The molecule has 0 unspecified atom stereocenters. The fourth-order valence-corrected chi connectivity index (χ4v) is 7.51. The van der Waals surface area contributed by atoms with Gasteiger partial charge < -0.3 is 15.6 Å². The average Bonchev–Trinajstić information content (AvgIpc) is 3.36. The molecule has 0 radical (unpaired) electrons. The summed E-state index contributed by atoms with van der Waals surface area (Å²) in [5, 5.41) is 17.1. The van der Waals surface area contributed by atoms with Crippen molar-refractivity contribution in [3.63, 3.8) is 0 Å². The Labute approximate surface area is 230 Å². The number of nitrogens with one attached hydrogen (secondary N) is 3. The highest BCUT2D eigenvalue weighted by atomic mass is 16.6. The minimum absolute atomic E-state index is 0.0125. The van der Waals surface area contributed by atoms with Gasteiger partial charge in [0.25, 0.3) is 17.5 Å². The Balaban J connectivity index is 1.04. The quantitative estimate of drug-likeness (QED) is 0.203. The number of nitrogens with zero attached hydrogens (tertiary/aromatic N) is 2. The number of benzene rings is 3. The van der Waals surface area contributed by atoms with E-state index in [4.69, 9.17) is 4.98 Å². The molecule has 4 bridgehead atoms. The van der Waals surface area contributed by atoms with E-state index in [1.807, 2.05) is 30.3 Å². The molecule has 3 N–H and O–H groups in total. The Kier molecular flexibility index (Phi) is 5.69. The third-order valence-corrected chi connectivity index (χ3v) is 8.92. The van der Waals surface area contributed by atoms with Gasteiger partial charge in [0.2, 0.25) is 0 Å². The summed E-state index contributed by atoms with van der Waals surface area (Å²) in [4.78, 5) is 44.2. The topological polar surface area (TPSA) is 130 Å². The lowest BCUT2D eigenvalue weighted by atomic mass is 9.53. The Bertz CT molecular complexity index is 1610. The van der Waals surface area contributed by atoms with Gasteiger partial charge in [-0.2, -0.15) is 0 Å². The van der Waals surface area contributed by atoms with E-state index in [0.29, 0.717) is 22.6 Å². The summed E-state index contributed by atoms with van der Waals surface area (Å²) in [7, 11) is 0. The SMILES string of the molecule is O=C(Nc1ccc(-c2nc3cc(C(=O)NC45CC6CC(CC(C6)C4)C5)ccc3[nH]2)cc1)c1ccc([N+](=O)[O-])cc1. The Morgan fingerprint density at radius 2 is 1.48 bits per heavy atom. The first kappa shape index (κ1) is 24.5. The summed E-state index contributed by atoms with van der Waals surface area (Å²) in [6, 6.07) is 18.3. The first-order valence-corrected chi connectivity index (χ1v) is 13.8. The van der Waals surface area contributed by atoms with Crippen LogP contribution in [0, 0.1) is 27.9 Å². The van der Waals surface area contributed by atoms with Gasteiger partial charge in [-0.25, -0.2) is 4.98 Å². The number of aromatic nitrogens is 2. The molecule has 9 heteroatoms. The summed E-state index contributed by atoms with van der Waals surface area (Å²) in [5.41, 5.74) is 3.85. The molecule has 0 saturated heterocycles. The van der Waals surface area contributed by atoms with E-state index in [9.17, 15) is 19.7 Å². The van der Waals surface area contributed by atoms with Crippen molar-refractivity contribution in [1.82, 2.24) is 15.3 Å². The highest BCUT2D eigenvalue weighted by Crippen LogP contribution is 2.55. The number of aromatic amines is 1. The zero-order chi connectivity index (χ0) is 27.4. The van der Waals surface area contributed by atoms with Crippen molar-refractivity contribution in [1.29, 1.82) is 0 Å². The number of H-pyrrole nitrogens is 1. The van der Waals surface area contributed by atoms with Crippen LogP contribution >= 0.6 is 0 Å². The Hall–Kier alpha value is -4.53. The van der Waals surface area contributed by atoms with Crippen molar-refractivity contribution in [2.75, 3.05) is 5.32 Å². The number of rotatable bonds is 6. The molecular formula is C31H29N5O4. The lowest BCUT2D eigenvalue weighted by molar-refractivity contribution is -0.384. The summed E-state index contributed by atoms with van der Waals surface area (Å²) >= 11 is 0. The molecule has 1 heterocycles. The number of nitro benzene ring substituents is 1. The molecule has 0 atom stereocenters. The monoisotopic (exact) mass is 535 g/mol. The van der Waals surface area contributed by atoms with E-state index in [1.54, 1.807) is 12.1 Å². The van der Waals surface area contributed by atoms with Crippen LogP contribution in [0.2, 0.25) is 0 Å². The molecule has 8 rings (SSSR count). The maximum atomic E-state index is 13.3. The van der Waals surface area contributed by atoms with Crippen LogP contribution in [0.5, 0.6) is 0 Å². The van der Waals surface area contributed by atoms with Gasteiger partial charge >= 0.3 is 0 Å². The molecule has 4 fully saturated rings. The first-order chi connectivity index (χ1) is 19.3. The fraction of sp³-hybridized carbons (Fsp3) is 0.323. The van der Waals surface area contributed by atoms with Crippen LogP contribution in [-0.2, 0) is 0 Å². The third kappa shape index (κ3) is 4.51. The molecule has 4 saturated carbocycles. The predicted octanol–water partition coefficient (Wildman–Crippen LogP) is 6.09. The first-order valence-electron chi connectivity index (χ1n) is 13.8. The molecule has 40 heavy (non-hydrogen) atoms. The van der Waals surface area contributed by atoms with E-state index < -0.39 is 4.92 Å². The van der Waals surface area contributed by atoms with Crippen molar-refractivity contribution in [2.24, 2.45) is 17.8 Å². The van der Waals surface area contributed by atoms with Crippen LogP contribution in [0.1, 0.15) is 59.2 Å². The molecule has 3 aromatic carbocycles. The maximum absolute atomic E-state index is 13.3. The number of amides is 2. The van der Waals surface area contributed by atoms with Gasteiger partial charge in [0, 0.05) is 40.0 Å². The van der Waals surface area contributed by atoms with Crippen molar-refractivity contribution < 1.29 is 14.5 Å². The predicted molar refractivity (Wildman–Crippen MR) is 151 cm³/mol. The number of anilines is 1. The Morgan fingerprint density at radius 3 is 2.10 bits per heavy atom. The summed E-state index contributed by atoms with van der Waals surface area (Å²) < 4.78 is 0. The van der Waals surface area contributed by atoms with E-state index in [1.165, 1.54) is 43.5 Å². The van der Waals surface area contributed by atoms with Gasteiger partial charge in [0.15, 0.2) is 0 Å². The molecule has 4 aliphatic rings. The molecule has 0 aliphatic heterocycles. The fourth-order valence-electron chi connectivity index (χ4n) is 7.51. The zero-order valence-electron chi connectivity index (χ0n) is 21.9. The van der Waals surface area contributed by atoms with E-state index in [-0.39, 0.29) is 23.0 Å². The number of imidazole rings is 1. The molecule has 4 aliphatic carbocycles. The van der Waals surface area contributed by atoms with Crippen molar-refractivity contribution in [3.8, 4) is 11.4 Å². The van der Waals surface area contributed by atoms with Crippen LogP contribution in [-0.4, -0.2) is 32.2 Å². The summed E-state index contributed by atoms with van der Waals surface area (Å²) in [6.45, 7) is 0. The third-order valence-electron chi connectivity index (χ3n) is 8.92. The average molecular weight is 536 g/mol. The molecule has 1 aromatic heterocycles. The molecular weight excluding hydrogens is 506 g/mol. The summed E-state index contributed by atoms with van der Waals surface area (Å²) in [5.74, 6) is 2.61. The van der Waals surface area contributed by atoms with Crippen LogP contribution < -0.4 is 10.6 Å². The van der Waals surface area contributed by atoms with Gasteiger partial charge in [-0.3, -0.25) is 19.7 Å². The second-order valence-electron chi connectivity index (χ2n) is 11.8. The number of hydrogen-bond donors (Lipinski definition) is 3. The molecule has 9 nitrogen and oxygen atoms in total. The zero-order valence-corrected chi connectivity index (χ0v) is 21.9. The van der Waals surface area contributed by atoms with Gasteiger partial charge in [0.1, 0.15) is 5.82 Å². The van der Waals surface area contributed by atoms with Crippen molar-refractivity contribution >= 4 is 34.2 Å². The van der Waals surface area contributed by atoms with E-state index in [2.05, 4.69) is 15.6 Å². The smallest absolute Gasteiger partial charge is 0.269 e. The van der Waals surface area contributed by atoms with Gasteiger partial charge in [0.05, 0.1) is 16.0 Å². The minimum Gasteiger partial charge on any atom is -0.347 e. The molecule has 0 spiro atoms. The minimum atomic E-state index is -0.503. The van der Waals surface area contributed by atoms with Crippen LogP contribution in [0.3, 0.4) is 0 Å². The largest absolute Gasteiger partial charge is 0.347 e. The second-order valence-corrected chi connectivity index (χ2v) is 11.8. The number of carbonyl (C=O) groups excluding carboxylic acids is 2. The lowest BCUT2D eigenvalue weighted by Gasteiger charge is -2.56. The van der Waals surface area contributed by atoms with Gasteiger partial charge in [-0.1, -0.05) is 0 Å². The number of non-ortho nitro benzene ring substituents is 1. The number of hydrogen-bond acceptors (Lipinski definition) is 5.